The molecule has 0 radical (unpaired) electrons. The van der Waals surface area contributed by atoms with Gasteiger partial charge in [-0.3, -0.25) is 9.97 Å². The minimum atomic E-state index is 0.348. The molecule has 11 heteroatoms. The molecule has 13 rings (SSSR count). The first kappa shape index (κ1) is 35.6. The summed E-state index contributed by atoms with van der Waals surface area (Å²) in [4.78, 5) is 43.5. The molecule has 0 saturated heterocycles. The van der Waals surface area contributed by atoms with Crippen molar-refractivity contribution in [2.45, 2.75) is 0 Å². The predicted octanol–water partition coefficient (Wildman–Crippen LogP) is 12.3. The molecule has 11 nitrogen and oxygen atoms in total. The second-order valence-electron chi connectivity index (χ2n) is 15.5. The van der Waals surface area contributed by atoms with Crippen LogP contribution in [0.5, 0.6) is 0 Å². The van der Waals surface area contributed by atoms with Crippen molar-refractivity contribution >= 4 is 65.7 Å². The van der Waals surface area contributed by atoms with E-state index in [1.165, 1.54) is 0 Å². The summed E-state index contributed by atoms with van der Waals surface area (Å²) in [6.07, 6.45) is 7.14. The Labute approximate surface area is 362 Å². The van der Waals surface area contributed by atoms with Gasteiger partial charge in [-0.2, -0.15) is 0 Å². The van der Waals surface area contributed by atoms with Crippen molar-refractivity contribution in [3.05, 3.63) is 176 Å². The lowest BCUT2D eigenvalue weighted by Crippen LogP contribution is -1.96. The summed E-state index contributed by atoms with van der Waals surface area (Å²) in [7, 11) is 0. The van der Waals surface area contributed by atoms with E-state index >= 15 is 0 Å². The van der Waals surface area contributed by atoms with E-state index in [4.69, 9.17) is 38.7 Å². The van der Waals surface area contributed by atoms with Gasteiger partial charge in [0.05, 0.1) is 16.7 Å². The molecular weight excluding hydrogens is 795 g/mol. The average molecular weight is 824 g/mol. The lowest BCUT2D eigenvalue weighted by Gasteiger charge is -2.11. The van der Waals surface area contributed by atoms with Crippen LogP contribution in [-0.2, 0) is 0 Å². The third-order valence-electron chi connectivity index (χ3n) is 11.6. The predicted molar refractivity (Wildman–Crippen MR) is 249 cm³/mol. The van der Waals surface area contributed by atoms with E-state index < -0.39 is 0 Å². The molecular formula is C53H29N9O2. The Morgan fingerprint density at radius 3 is 2.05 bits per heavy atom. The van der Waals surface area contributed by atoms with Gasteiger partial charge >= 0.3 is 0 Å². The normalized spacial score (nSPS) is 11.8. The van der Waals surface area contributed by atoms with Gasteiger partial charge < -0.3 is 8.83 Å². The number of pyridine rings is 3. The maximum Gasteiger partial charge on any atom is 0.248 e. The fourth-order valence-electron chi connectivity index (χ4n) is 8.35. The number of fused-ring (bicyclic) bond motifs is 8. The van der Waals surface area contributed by atoms with Crippen molar-refractivity contribution in [3.63, 3.8) is 0 Å². The van der Waals surface area contributed by atoms with E-state index in [-0.39, 0.29) is 0 Å². The monoisotopic (exact) mass is 823 g/mol. The molecule has 0 unspecified atom stereocenters. The molecule has 298 valence electrons. The van der Waals surface area contributed by atoms with Crippen LogP contribution in [0.2, 0.25) is 0 Å². The topological polar surface area (TPSA) is 142 Å². The van der Waals surface area contributed by atoms with Gasteiger partial charge in [0.15, 0.2) is 17.2 Å². The molecule has 0 N–H and O–H groups in total. The molecule has 0 bridgehead atoms. The van der Waals surface area contributed by atoms with Crippen molar-refractivity contribution in [1.29, 1.82) is 0 Å². The quantitative estimate of drug-likeness (QED) is 0.148. The number of para-hydroxylation sites is 2. The number of hydrogen-bond donors (Lipinski definition) is 0. The Morgan fingerprint density at radius 2 is 1.12 bits per heavy atom. The van der Waals surface area contributed by atoms with E-state index in [0.717, 1.165) is 82.4 Å². The third kappa shape index (κ3) is 6.02. The average Bonchev–Trinajstić information content (AvgIpc) is 4.01. The van der Waals surface area contributed by atoms with Crippen LogP contribution < -0.4 is 0 Å². The zero-order chi connectivity index (χ0) is 42.1. The number of rotatable bonds is 6. The van der Waals surface area contributed by atoms with Gasteiger partial charge in [0.1, 0.15) is 22.4 Å². The summed E-state index contributed by atoms with van der Waals surface area (Å²) in [5.41, 5.74) is 10.7. The smallest absolute Gasteiger partial charge is 0.248 e. The highest BCUT2D eigenvalue weighted by Crippen LogP contribution is 2.36. The molecule has 7 heterocycles. The van der Waals surface area contributed by atoms with E-state index in [9.17, 15) is 0 Å². The number of aromatic nitrogens is 9. The van der Waals surface area contributed by atoms with Gasteiger partial charge in [0.2, 0.25) is 17.5 Å². The molecule has 0 aliphatic heterocycles. The third-order valence-corrected chi connectivity index (χ3v) is 11.6. The Bertz CT molecular complexity index is 3950. The number of oxazole rings is 2. The zero-order valence-electron chi connectivity index (χ0n) is 33.6. The van der Waals surface area contributed by atoms with Crippen LogP contribution in [0.4, 0.5) is 0 Å². The van der Waals surface area contributed by atoms with Crippen molar-refractivity contribution in [2.24, 2.45) is 0 Å². The Kier molecular flexibility index (Phi) is 7.94. The molecule has 64 heavy (non-hydrogen) atoms. The van der Waals surface area contributed by atoms with Crippen molar-refractivity contribution in [1.82, 2.24) is 44.9 Å². The van der Waals surface area contributed by atoms with Crippen LogP contribution in [0.25, 0.3) is 134 Å². The molecule has 0 aliphatic carbocycles. The molecule has 7 aromatic heterocycles. The minimum Gasteiger partial charge on any atom is -0.435 e. The molecule has 0 fully saturated rings. The molecule has 0 atom stereocenters. The first-order valence-corrected chi connectivity index (χ1v) is 20.7. The van der Waals surface area contributed by atoms with Crippen LogP contribution >= 0.6 is 0 Å². The largest absolute Gasteiger partial charge is 0.435 e. The molecule has 0 aliphatic rings. The number of benzene rings is 6. The highest BCUT2D eigenvalue weighted by atomic mass is 16.4. The second-order valence-corrected chi connectivity index (χ2v) is 15.5. The number of nitrogens with zero attached hydrogens (tertiary/aromatic N) is 9. The summed E-state index contributed by atoms with van der Waals surface area (Å²) in [6, 6.07) is 50.4. The van der Waals surface area contributed by atoms with Crippen LogP contribution in [0.15, 0.2) is 185 Å². The van der Waals surface area contributed by atoms with Crippen molar-refractivity contribution in [3.8, 4) is 68.3 Å². The van der Waals surface area contributed by atoms with Gasteiger partial charge in [-0.05, 0) is 70.9 Å². The maximum atomic E-state index is 6.23. The number of hydrogen-bond acceptors (Lipinski definition) is 11. The Hall–Kier alpha value is -9.09. The van der Waals surface area contributed by atoms with Crippen molar-refractivity contribution in [2.75, 3.05) is 0 Å². The van der Waals surface area contributed by atoms with Gasteiger partial charge in [-0.1, -0.05) is 97.1 Å². The highest BCUT2D eigenvalue weighted by Gasteiger charge is 2.18. The highest BCUT2D eigenvalue weighted by molar-refractivity contribution is 6.10. The second kappa shape index (κ2) is 14.3. The molecule has 0 spiro atoms. The van der Waals surface area contributed by atoms with Crippen molar-refractivity contribution < 1.29 is 8.83 Å². The van der Waals surface area contributed by atoms with Gasteiger partial charge in [0, 0.05) is 68.6 Å². The Balaban J connectivity index is 0.840. The Morgan fingerprint density at radius 1 is 0.359 bits per heavy atom. The van der Waals surface area contributed by atoms with Gasteiger partial charge in [-0.25, -0.2) is 34.9 Å². The summed E-state index contributed by atoms with van der Waals surface area (Å²) in [5, 5.41) is 6.11. The molecule has 13 aromatic rings. The van der Waals surface area contributed by atoms with E-state index in [2.05, 4.69) is 75.6 Å². The fourth-order valence-corrected chi connectivity index (χ4v) is 8.35. The first-order chi connectivity index (χ1) is 31.6. The van der Waals surface area contributed by atoms with Gasteiger partial charge in [0.25, 0.3) is 0 Å². The summed E-state index contributed by atoms with van der Waals surface area (Å²) in [6.45, 7) is 0. The lowest BCUT2D eigenvalue weighted by molar-refractivity contribution is 0.605. The standard InChI is InChI=1S/C53H29N9O2/c1-2-9-32(10-3-1)46-39-20-18-30-8-4-5-11-38(30)48(39)62-50(61-46)34-22-23-54-43(25-34)53-59-44-26-37(29-57-51(44)64-53)33-16-14-31-15-17-35-27-56-49(60-47(35)40(31)24-33)36-19-21-42(55-28-36)52-58-41-12-6-7-13-45(41)63-52/h1-29H. The SMILES string of the molecule is c1ccc(-c2nc(-c3ccnc(-c4nc5cc(-c6ccc7ccc8cnc(-c9ccc(-c%10nc%11ccccc%11o%10)nc9)nc8c7c6)cnc5o4)c3)nc3c2ccc2ccccc23)cc1. The fraction of sp³-hybridized carbons (Fsp3) is 0. The minimum absolute atomic E-state index is 0.348. The van der Waals surface area contributed by atoms with Crippen LogP contribution in [0, 0.1) is 0 Å². The molecule has 0 saturated carbocycles. The summed E-state index contributed by atoms with van der Waals surface area (Å²) >= 11 is 0. The zero-order valence-corrected chi connectivity index (χ0v) is 33.6. The first-order valence-electron chi connectivity index (χ1n) is 20.7. The summed E-state index contributed by atoms with van der Waals surface area (Å²) < 4.78 is 12.2. The van der Waals surface area contributed by atoms with E-state index in [1.54, 1.807) is 18.6 Å². The van der Waals surface area contributed by atoms with E-state index in [1.807, 2.05) is 97.2 Å². The van der Waals surface area contributed by atoms with Gasteiger partial charge in [-0.15, -0.1) is 0 Å². The van der Waals surface area contributed by atoms with Crippen LogP contribution in [-0.4, -0.2) is 44.9 Å². The summed E-state index contributed by atoms with van der Waals surface area (Å²) in [5.74, 6) is 1.96. The molecule has 0 amide bonds. The van der Waals surface area contributed by atoms with E-state index in [0.29, 0.717) is 51.6 Å². The maximum absolute atomic E-state index is 6.23. The lowest BCUT2D eigenvalue weighted by atomic mass is 10.0. The van der Waals surface area contributed by atoms with Crippen LogP contribution in [0.1, 0.15) is 0 Å². The van der Waals surface area contributed by atoms with Crippen LogP contribution in [0.3, 0.4) is 0 Å². The molecule has 6 aromatic carbocycles.